The van der Waals surface area contributed by atoms with Crippen LogP contribution in [0.4, 0.5) is 9.59 Å². The number of nitrogens with one attached hydrogen (secondary N) is 2. The third kappa shape index (κ3) is 8.73. The number of hydrogen-bond donors (Lipinski definition) is 2. The molecule has 0 saturated carbocycles. The molecule has 4 aromatic rings. The van der Waals surface area contributed by atoms with Crippen LogP contribution < -0.4 is 10.4 Å². The van der Waals surface area contributed by atoms with E-state index in [1.165, 1.54) is 21.2 Å². The Bertz CT molecular complexity index is 2590. The summed E-state index contributed by atoms with van der Waals surface area (Å²) in [6, 6.07) is 8.56. The van der Waals surface area contributed by atoms with Gasteiger partial charge in [0.1, 0.15) is 18.2 Å². The highest BCUT2D eigenvalue weighted by Crippen LogP contribution is 2.57. The van der Waals surface area contributed by atoms with Crippen LogP contribution in [-0.4, -0.2) is 163 Å². The molecule has 1 aliphatic carbocycles. The van der Waals surface area contributed by atoms with Crippen molar-refractivity contribution < 1.29 is 33.4 Å². The zero-order chi connectivity index (χ0) is 48.2. The van der Waals surface area contributed by atoms with Gasteiger partial charge in [0.2, 0.25) is 17.3 Å². The van der Waals surface area contributed by atoms with Crippen LogP contribution in [0.5, 0.6) is 0 Å². The molecule has 3 aromatic heterocycles. The van der Waals surface area contributed by atoms with Gasteiger partial charge in [0.15, 0.2) is 0 Å². The molecule has 68 heavy (non-hydrogen) atoms. The number of pyridine rings is 1. The molecule has 0 spiro atoms. The molecule has 1 radical (unpaired) electrons. The molecule has 9 rings (SSSR count). The lowest BCUT2D eigenvalue weighted by molar-refractivity contribution is -0.153. The summed E-state index contributed by atoms with van der Waals surface area (Å²) >= 11 is 1.44. The molecule has 5 amide bonds. The fourth-order valence-corrected chi connectivity index (χ4v) is 14.3. The summed E-state index contributed by atoms with van der Waals surface area (Å²) in [5.74, 6) is -1.33. The van der Waals surface area contributed by atoms with Crippen molar-refractivity contribution in [3.05, 3.63) is 58.2 Å². The van der Waals surface area contributed by atoms with Crippen LogP contribution in [0.3, 0.4) is 0 Å². The standard InChI is InChI=1S/C49H65N10O7SSi/c1-9-58-35-17-16-30-25-32(35)38-39(43(65-8)40-31(42(38)58)13-10-18-50-40)49(4,5)28-66-46(62)33-14-11-20-59(52-33)48(64)68(27-37-51-34(30)26-67-37)53-44(60)41(29(2)3)55(7)47(63)57-23-21-56(22-24-57)45(61)36-15-12-19-54(36)6/h10,13,16-18,25-26,29,33,36,39,41,43,52H,9,11-12,14-15,19-24,27-28H2,1-8H3,(H,53,60)/t33-,36-,39?,41-,43-/m0/s1. The van der Waals surface area contributed by atoms with Crippen molar-refractivity contribution in [1.29, 1.82) is 0 Å². The maximum atomic E-state index is 14.8. The van der Waals surface area contributed by atoms with E-state index in [0.717, 1.165) is 64.1 Å². The molecule has 7 heterocycles. The lowest BCUT2D eigenvalue weighted by Crippen LogP contribution is -2.64. The van der Waals surface area contributed by atoms with Gasteiger partial charge >= 0.3 is 12.0 Å². The Balaban J connectivity index is 1.03. The van der Waals surface area contributed by atoms with E-state index in [1.54, 1.807) is 25.3 Å². The maximum Gasteiger partial charge on any atom is 0.324 e. The van der Waals surface area contributed by atoms with Gasteiger partial charge in [-0.15, -0.1) is 11.3 Å². The van der Waals surface area contributed by atoms with Crippen molar-refractivity contribution in [2.45, 2.75) is 103 Å². The summed E-state index contributed by atoms with van der Waals surface area (Å²) < 4.78 is 14.9. The van der Waals surface area contributed by atoms with Crippen molar-refractivity contribution in [3.63, 3.8) is 0 Å². The molecule has 19 heteroatoms. The molecule has 1 unspecified atom stereocenters. The quantitative estimate of drug-likeness (QED) is 0.180. The number of aromatic nitrogens is 3. The number of aryl methyl sites for hydroxylation is 1. The van der Waals surface area contributed by atoms with E-state index in [9.17, 15) is 24.0 Å². The van der Waals surface area contributed by atoms with Gasteiger partial charge in [0.05, 0.1) is 34.7 Å². The summed E-state index contributed by atoms with van der Waals surface area (Å²) in [7, 11) is 2.84. The lowest BCUT2D eigenvalue weighted by atomic mass is 9.67. The summed E-state index contributed by atoms with van der Waals surface area (Å²) in [6.45, 7) is 13.7. The highest BCUT2D eigenvalue weighted by Gasteiger charge is 2.48. The number of carbonyl (C=O) groups is 5. The second kappa shape index (κ2) is 19.3. The number of likely N-dealkylation sites (N-methyl/N-ethyl adjacent to an activating group) is 2. The number of benzene rings is 1. The third-order valence-corrected chi connectivity index (χ3v) is 17.9. The van der Waals surface area contributed by atoms with E-state index in [4.69, 9.17) is 19.4 Å². The fraction of sp³-hybridized carbons (Fsp3) is 0.571. The minimum Gasteiger partial charge on any atom is -0.464 e. The van der Waals surface area contributed by atoms with Crippen molar-refractivity contribution in [2.75, 3.05) is 67.1 Å². The molecule has 1 aromatic carbocycles. The Kier molecular flexibility index (Phi) is 13.6. The molecule has 3 fully saturated rings. The van der Waals surface area contributed by atoms with E-state index in [-0.39, 0.29) is 48.0 Å². The Morgan fingerprint density at radius 3 is 2.51 bits per heavy atom. The number of ether oxygens (including phenoxy) is 2. The largest absolute Gasteiger partial charge is 0.464 e. The number of piperazine rings is 1. The van der Waals surface area contributed by atoms with Crippen LogP contribution in [0.2, 0.25) is 0 Å². The van der Waals surface area contributed by atoms with Gasteiger partial charge < -0.3 is 33.7 Å². The molecular weight excluding hydrogens is 901 g/mol. The molecule has 17 nitrogen and oxygen atoms in total. The highest BCUT2D eigenvalue weighted by atomic mass is 32.1. The van der Waals surface area contributed by atoms with Gasteiger partial charge in [0.25, 0.3) is 8.96 Å². The van der Waals surface area contributed by atoms with Crippen molar-refractivity contribution in [2.24, 2.45) is 11.3 Å². The van der Waals surface area contributed by atoms with Crippen LogP contribution in [0.25, 0.3) is 33.4 Å². The first-order valence-corrected chi connectivity index (χ1v) is 26.7. The minimum atomic E-state index is -2.49. The summed E-state index contributed by atoms with van der Waals surface area (Å²) in [4.78, 5) is 91.2. The van der Waals surface area contributed by atoms with Crippen molar-refractivity contribution >= 4 is 60.5 Å². The number of amides is 5. The monoisotopic (exact) mass is 965 g/mol. The van der Waals surface area contributed by atoms with Gasteiger partial charge in [-0.1, -0.05) is 33.8 Å². The first kappa shape index (κ1) is 47.8. The van der Waals surface area contributed by atoms with Crippen molar-refractivity contribution in [3.8, 4) is 22.5 Å². The highest BCUT2D eigenvalue weighted by molar-refractivity contribution is 7.10. The van der Waals surface area contributed by atoms with Crippen LogP contribution in [0.1, 0.15) is 88.6 Å². The number of carbonyl (C=O) groups excluding carboxylic acids is 5. The molecule has 6 bridgehead atoms. The number of cyclic esters (lactones) is 1. The van der Waals surface area contributed by atoms with Crippen LogP contribution >= 0.6 is 11.3 Å². The number of nitrogens with zero attached hydrogens (tertiary/aromatic N) is 8. The minimum absolute atomic E-state index is 0.0812. The molecule has 5 atom stereocenters. The Morgan fingerprint density at radius 1 is 1.06 bits per heavy atom. The molecule has 363 valence electrons. The molecule has 3 saturated heterocycles. The van der Waals surface area contributed by atoms with Gasteiger partial charge in [-0.3, -0.25) is 34.1 Å². The second-order valence-corrected chi connectivity index (χ2v) is 22.9. The average molecular weight is 966 g/mol. The average Bonchev–Trinajstić information content (AvgIpc) is 4.08. The van der Waals surface area contributed by atoms with E-state index in [1.807, 2.05) is 37.2 Å². The first-order chi connectivity index (χ1) is 32.6. The number of hydrogen-bond acceptors (Lipinski definition) is 12. The van der Waals surface area contributed by atoms with Gasteiger partial charge in [-0.05, 0) is 81.9 Å². The lowest BCUT2D eigenvalue weighted by Gasteiger charge is -2.42. The SMILES string of the molecule is CCn1c2c3c4cc(ccc41)-c1csc(n1)C[Si](NC(=O)[C@H](C(C)C)N(C)C(=O)N1CCN(C(=O)[C@@H]4CCCN4C)CC1)C(=O)N1CCC[C@H](N1)C(=O)OCC(C)(C)C3[C@H](OC)c1ncccc1-2. The van der Waals surface area contributed by atoms with E-state index in [2.05, 4.69) is 64.9 Å². The van der Waals surface area contributed by atoms with E-state index < -0.39 is 44.4 Å². The number of esters is 1. The first-order valence-electron chi connectivity index (χ1n) is 24.1. The van der Waals surface area contributed by atoms with Crippen LogP contribution in [0, 0.1) is 11.3 Å². The zero-order valence-corrected chi connectivity index (χ0v) is 42.4. The summed E-state index contributed by atoms with van der Waals surface area (Å²) in [6.07, 6.45) is 4.22. The number of fused-ring (bicyclic) bond motifs is 8. The van der Waals surface area contributed by atoms with E-state index in [0.29, 0.717) is 57.1 Å². The van der Waals surface area contributed by atoms with Crippen LogP contribution in [-0.2, 0) is 36.4 Å². The van der Waals surface area contributed by atoms with Gasteiger partial charge in [-0.2, -0.15) is 0 Å². The van der Waals surface area contributed by atoms with Gasteiger partial charge in [-0.25, -0.2) is 15.2 Å². The number of rotatable bonds is 7. The molecule has 2 N–H and O–H groups in total. The zero-order valence-electron chi connectivity index (χ0n) is 40.5. The van der Waals surface area contributed by atoms with Crippen molar-refractivity contribution in [1.82, 2.24) is 49.6 Å². The Hall–Kier alpha value is -5.21. The topological polar surface area (TPSA) is 175 Å². The third-order valence-electron chi connectivity index (χ3n) is 14.8. The molecule has 4 aliphatic heterocycles. The van der Waals surface area contributed by atoms with Crippen LogP contribution in [0.15, 0.2) is 41.9 Å². The smallest absolute Gasteiger partial charge is 0.324 e. The summed E-state index contributed by atoms with van der Waals surface area (Å²) in [5, 5.41) is 5.22. The normalized spacial score (nSPS) is 23.9. The Labute approximate surface area is 404 Å². The second-order valence-electron chi connectivity index (χ2n) is 20.0. The number of hydrazine groups is 1. The number of thiazole rings is 1. The predicted octanol–water partition coefficient (Wildman–Crippen LogP) is 5.39. The molecule has 5 aliphatic rings. The molecular formula is C49H65N10O7SSi. The van der Waals surface area contributed by atoms with E-state index >= 15 is 0 Å². The number of urea groups is 1. The number of likely N-dealkylation sites (tertiary alicyclic amines) is 1. The summed E-state index contributed by atoms with van der Waals surface area (Å²) in [5.41, 5.74) is 9.01. The predicted molar refractivity (Wildman–Crippen MR) is 261 cm³/mol. The maximum absolute atomic E-state index is 14.8. The van der Waals surface area contributed by atoms with Gasteiger partial charge in [0, 0.05) is 104 Å². The fourth-order valence-electron chi connectivity index (χ4n) is 11.3. The Morgan fingerprint density at radius 2 is 1.81 bits per heavy atom. The number of methoxy groups -OCH3 is 1.